The number of likely N-dealkylation sites (tertiary alicyclic amines) is 1. The monoisotopic (exact) mass is 380 g/mol. The zero-order valence-electron chi connectivity index (χ0n) is 14.8. The SMILES string of the molecule is CN(C(=O)/C=C/c1ccc(Cl)c(Cl)c1)[C@@H]1CCCC[C@H]1N1CCCC1. The van der Waals surface area contributed by atoms with E-state index in [-0.39, 0.29) is 5.91 Å². The highest BCUT2D eigenvalue weighted by Crippen LogP contribution is 2.29. The summed E-state index contributed by atoms with van der Waals surface area (Å²) in [6.07, 6.45) is 10.8. The van der Waals surface area contributed by atoms with Crippen molar-refractivity contribution in [2.75, 3.05) is 20.1 Å². The van der Waals surface area contributed by atoms with Gasteiger partial charge >= 0.3 is 0 Å². The molecule has 0 bridgehead atoms. The van der Waals surface area contributed by atoms with E-state index in [9.17, 15) is 4.79 Å². The van der Waals surface area contributed by atoms with E-state index >= 15 is 0 Å². The van der Waals surface area contributed by atoms with Crippen molar-refractivity contribution in [3.8, 4) is 0 Å². The number of hydrogen-bond acceptors (Lipinski definition) is 2. The summed E-state index contributed by atoms with van der Waals surface area (Å²) in [5.74, 6) is 0.0576. The van der Waals surface area contributed by atoms with E-state index in [0.29, 0.717) is 22.1 Å². The van der Waals surface area contributed by atoms with Crippen molar-refractivity contribution in [1.82, 2.24) is 9.80 Å². The number of rotatable bonds is 4. The van der Waals surface area contributed by atoms with Gasteiger partial charge in [0.2, 0.25) is 5.91 Å². The van der Waals surface area contributed by atoms with E-state index in [0.717, 1.165) is 12.0 Å². The van der Waals surface area contributed by atoms with Crippen molar-refractivity contribution in [1.29, 1.82) is 0 Å². The molecule has 0 unspecified atom stereocenters. The van der Waals surface area contributed by atoms with E-state index in [1.54, 1.807) is 18.2 Å². The molecule has 1 saturated carbocycles. The maximum absolute atomic E-state index is 12.7. The number of hydrogen-bond donors (Lipinski definition) is 0. The summed E-state index contributed by atoms with van der Waals surface area (Å²) in [5, 5.41) is 1.03. The third kappa shape index (κ3) is 4.58. The van der Waals surface area contributed by atoms with Gasteiger partial charge in [-0.2, -0.15) is 0 Å². The number of benzene rings is 1. The largest absolute Gasteiger partial charge is 0.338 e. The van der Waals surface area contributed by atoms with E-state index in [1.165, 1.54) is 45.2 Å². The van der Waals surface area contributed by atoms with E-state index < -0.39 is 0 Å². The Morgan fingerprint density at radius 1 is 1.12 bits per heavy atom. The standard InChI is InChI=1S/C20H26Cl2N2O/c1-23(18-6-2-3-7-19(18)24-12-4-5-13-24)20(25)11-9-15-8-10-16(21)17(22)14-15/h8-11,14,18-19H,2-7,12-13H2,1H3/b11-9+/t18-,19-/m1/s1. The summed E-state index contributed by atoms with van der Waals surface area (Å²) in [6.45, 7) is 2.37. The first-order valence-electron chi connectivity index (χ1n) is 9.20. The molecule has 2 fully saturated rings. The van der Waals surface area contributed by atoms with Crippen LogP contribution in [0.25, 0.3) is 6.08 Å². The molecule has 1 aromatic carbocycles. The van der Waals surface area contributed by atoms with Gasteiger partial charge in [0.1, 0.15) is 0 Å². The van der Waals surface area contributed by atoms with Crippen molar-refractivity contribution in [2.45, 2.75) is 50.6 Å². The lowest BCUT2D eigenvalue weighted by Gasteiger charge is -2.42. The number of nitrogens with zero attached hydrogens (tertiary/aromatic N) is 2. The molecule has 1 heterocycles. The summed E-state index contributed by atoms with van der Waals surface area (Å²) >= 11 is 12.0. The van der Waals surface area contributed by atoms with Crippen LogP contribution in [0.15, 0.2) is 24.3 Å². The zero-order chi connectivity index (χ0) is 17.8. The normalized spacial score (nSPS) is 24.8. The van der Waals surface area contributed by atoms with Crippen molar-refractivity contribution < 1.29 is 4.79 Å². The quantitative estimate of drug-likeness (QED) is 0.695. The lowest BCUT2D eigenvalue weighted by molar-refractivity contribution is -0.128. The average molecular weight is 381 g/mol. The summed E-state index contributed by atoms with van der Waals surface area (Å²) in [7, 11) is 1.95. The van der Waals surface area contributed by atoms with Crippen LogP contribution >= 0.6 is 23.2 Å². The van der Waals surface area contributed by atoms with Crippen molar-refractivity contribution in [3.05, 3.63) is 39.9 Å². The third-order valence-corrected chi connectivity index (χ3v) is 6.25. The Hall–Kier alpha value is -1.03. The van der Waals surface area contributed by atoms with Gasteiger partial charge in [-0.25, -0.2) is 0 Å². The topological polar surface area (TPSA) is 23.6 Å². The summed E-state index contributed by atoms with van der Waals surface area (Å²) in [5.41, 5.74) is 0.885. The van der Waals surface area contributed by atoms with Gasteiger partial charge in [0, 0.05) is 25.2 Å². The average Bonchev–Trinajstić information content (AvgIpc) is 3.16. The highest BCUT2D eigenvalue weighted by Gasteiger charge is 2.34. The molecule has 2 aliphatic rings. The van der Waals surface area contributed by atoms with E-state index in [2.05, 4.69) is 4.90 Å². The Kier molecular flexibility index (Phi) is 6.43. The summed E-state index contributed by atoms with van der Waals surface area (Å²) < 4.78 is 0. The van der Waals surface area contributed by atoms with Gasteiger partial charge in [-0.05, 0) is 62.5 Å². The second-order valence-electron chi connectivity index (χ2n) is 7.12. The van der Waals surface area contributed by atoms with Crippen LogP contribution in [0.3, 0.4) is 0 Å². The minimum atomic E-state index is 0.0576. The number of carbonyl (C=O) groups is 1. The zero-order valence-corrected chi connectivity index (χ0v) is 16.3. The van der Waals surface area contributed by atoms with Crippen LogP contribution in [0.1, 0.15) is 44.1 Å². The predicted octanol–water partition coefficient (Wildman–Crippen LogP) is 4.87. The molecule has 2 atom stereocenters. The Labute approximate surface area is 160 Å². The Morgan fingerprint density at radius 2 is 1.84 bits per heavy atom. The van der Waals surface area contributed by atoms with Crippen LogP contribution < -0.4 is 0 Å². The van der Waals surface area contributed by atoms with Gasteiger partial charge in [-0.1, -0.05) is 42.1 Å². The van der Waals surface area contributed by atoms with Crippen LogP contribution in [-0.4, -0.2) is 47.9 Å². The number of halogens is 2. The Morgan fingerprint density at radius 3 is 2.56 bits per heavy atom. The summed E-state index contributed by atoms with van der Waals surface area (Å²) in [4.78, 5) is 17.2. The minimum Gasteiger partial charge on any atom is -0.338 e. The molecule has 1 saturated heterocycles. The molecule has 0 radical (unpaired) electrons. The fourth-order valence-corrected chi connectivity index (χ4v) is 4.41. The maximum atomic E-state index is 12.7. The molecule has 25 heavy (non-hydrogen) atoms. The van der Waals surface area contributed by atoms with Gasteiger partial charge < -0.3 is 4.90 Å². The fourth-order valence-electron chi connectivity index (χ4n) is 4.11. The van der Waals surface area contributed by atoms with Gasteiger partial charge in [0.25, 0.3) is 0 Å². The number of carbonyl (C=O) groups excluding carboxylic acids is 1. The summed E-state index contributed by atoms with van der Waals surface area (Å²) in [6, 6.07) is 6.23. The molecule has 5 heteroatoms. The molecule has 1 amide bonds. The van der Waals surface area contributed by atoms with Crippen LogP contribution in [0.2, 0.25) is 10.0 Å². The Balaban J connectivity index is 1.67. The molecular formula is C20H26Cl2N2O. The maximum Gasteiger partial charge on any atom is 0.246 e. The van der Waals surface area contributed by atoms with Gasteiger partial charge in [0.05, 0.1) is 10.0 Å². The molecule has 0 N–H and O–H groups in total. The van der Waals surface area contributed by atoms with Gasteiger partial charge in [-0.3, -0.25) is 9.69 Å². The van der Waals surface area contributed by atoms with Crippen LogP contribution in [0.4, 0.5) is 0 Å². The molecule has 1 aliphatic carbocycles. The first-order chi connectivity index (χ1) is 12.1. The van der Waals surface area contributed by atoms with E-state index in [1.807, 2.05) is 24.1 Å². The number of likely N-dealkylation sites (N-methyl/N-ethyl adjacent to an activating group) is 1. The third-order valence-electron chi connectivity index (χ3n) is 5.51. The first kappa shape index (κ1) is 18.8. The first-order valence-corrected chi connectivity index (χ1v) is 9.96. The smallest absolute Gasteiger partial charge is 0.246 e. The lowest BCUT2D eigenvalue weighted by atomic mass is 9.88. The van der Waals surface area contributed by atoms with Gasteiger partial charge in [-0.15, -0.1) is 0 Å². The number of amides is 1. The molecular weight excluding hydrogens is 355 g/mol. The lowest BCUT2D eigenvalue weighted by Crippen LogP contribution is -2.52. The second-order valence-corrected chi connectivity index (χ2v) is 7.93. The molecule has 3 nitrogen and oxygen atoms in total. The molecule has 3 rings (SSSR count). The second kappa shape index (κ2) is 8.57. The molecule has 136 valence electrons. The van der Waals surface area contributed by atoms with Crippen LogP contribution in [-0.2, 0) is 4.79 Å². The Bertz CT molecular complexity index is 641. The van der Waals surface area contributed by atoms with Crippen LogP contribution in [0.5, 0.6) is 0 Å². The van der Waals surface area contributed by atoms with Crippen molar-refractivity contribution in [2.24, 2.45) is 0 Å². The molecule has 1 aromatic rings. The highest BCUT2D eigenvalue weighted by atomic mass is 35.5. The minimum absolute atomic E-state index is 0.0576. The molecule has 0 spiro atoms. The molecule has 1 aliphatic heterocycles. The van der Waals surface area contributed by atoms with Crippen molar-refractivity contribution in [3.63, 3.8) is 0 Å². The van der Waals surface area contributed by atoms with Gasteiger partial charge in [0.15, 0.2) is 0 Å². The van der Waals surface area contributed by atoms with Crippen LogP contribution in [0, 0.1) is 0 Å². The highest BCUT2D eigenvalue weighted by molar-refractivity contribution is 6.42. The van der Waals surface area contributed by atoms with Crippen molar-refractivity contribution >= 4 is 35.2 Å². The fraction of sp³-hybridized carbons (Fsp3) is 0.550. The van der Waals surface area contributed by atoms with E-state index in [4.69, 9.17) is 23.2 Å². The predicted molar refractivity (Wildman–Crippen MR) is 105 cm³/mol. The molecule has 0 aromatic heterocycles.